The predicted molar refractivity (Wildman–Crippen MR) is 71.9 cm³/mol. The molecule has 1 heteroatoms. The molecule has 0 heterocycles. The second kappa shape index (κ2) is 14.3. The molecule has 0 rings (SSSR count). The minimum atomic E-state index is 1.18. The molecule has 0 saturated carbocycles. The van der Waals surface area contributed by atoms with E-state index in [0.717, 1.165) is 0 Å². The van der Waals surface area contributed by atoms with E-state index in [-0.39, 0.29) is 0 Å². The van der Waals surface area contributed by atoms with Gasteiger partial charge < -0.3 is 4.74 Å². The molecule has 0 bridgehead atoms. The van der Waals surface area contributed by atoms with Crippen molar-refractivity contribution < 1.29 is 4.74 Å². The Bertz CT molecular complexity index is 170. The average molecular weight is 223 g/mol. The van der Waals surface area contributed by atoms with E-state index >= 15 is 0 Å². The van der Waals surface area contributed by atoms with E-state index < -0.39 is 0 Å². The molecular formula is C15H27O. The van der Waals surface area contributed by atoms with Gasteiger partial charge >= 0.3 is 0 Å². The molecule has 0 aromatic heterocycles. The predicted octanol–water partition coefficient (Wildman–Crippen LogP) is 5.40. The lowest BCUT2D eigenvalue weighted by atomic mass is 10.1. The van der Waals surface area contributed by atoms with Gasteiger partial charge in [-0.2, -0.15) is 0 Å². The highest BCUT2D eigenvalue weighted by Gasteiger charge is 1.89. The maximum absolute atomic E-state index is 4.55. The summed E-state index contributed by atoms with van der Waals surface area (Å²) in [4.78, 5) is 0. The summed E-state index contributed by atoms with van der Waals surface area (Å²) in [5.74, 6) is 0. The summed E-state index contributed by atoms with van der Waals surface area (Å²) < 4.78 is 4.55. The molecule has 0 aromatic carbocycles. The zero-order valence-electron chi connectivity index (χ0n) is 10.8. The molecule has 0 aliphatic carbocycles. The molecule has 0 saturated heterocycles. The van der Waals surface area contributed by atoms with E-state index in [1.165, 1.54) is 57.8 Å². The normalized spacial score (nSPS) is 11.6. The molecule has 0 amide bonds. The van der Waals surface area contributed by atoms with Crippen LogP contribution >= 0.6 is 0 Å². The number of ether oxygens (including phenoxy) is 1. The first-order valence-corrected chi connectivity index (χ1v) is 6.64. The van der Waals surface area contributed by atoms with Crippen LogP contribution in [0, 0.1) is 7.11 Å². The number of unbranched alkanes of at least 4 members (excludes halogenated alkanes) is 8. The molecule has 0 aromatic rings. The Morgan fingerprint density at radius 1 is 0.875 bits per heavy atom. The van der Waals surface area contributed by atoms with E-state index in [2.05, 4.69) is 24.8 Å². The Morgan fingerprint density at radius 2 is 1.50 bits per heavy atom. The van der Waals surface area contributed by atoms with Crippen molar-refractivity contribution in [1.82, 2.24) is 0 Å². The fraction of sp³-hybridized carbons (Fsp3) is 0.667. The van der Waals surface area contributed by atoms with E-state index in [0.29, 0.717) is 0 Å². The third-order valence-electron chi connectivity index (χ3n) is 2.65. The van der Waals surface area contributed by atoms with Gasteiger partial charge in [-0.1, -0.05) is 64.0 Å². The molecule has 0 aliphatic rings. The van der Waals surface area contributed by atoms with Gasteiger partial charge in [-0.25, -0.2) is 0 Å². The van der Waals surface area contributed by atoms with Crippen LogP contribution in [-0.2, 0) is 4.74 Å². The average Bonchev–Trinajstić information content (AvgIpc) is 2.31. The Balaban J connectivity index is 3.03. The summed E-state index contributed by atoms with van der Waals surface area (Å²) in [5, 5.41) is 0. The lowest BCUT2D eigenvalue weighted by Crippen LogP contribution is -1.79. The van der Waals surface area contributed by atoms with Gasteiger partial charge in [-0.05, 0) is 18.9 Å². The van der Waals surface area contributed by atoms with Gasteiger partial charge in [0.15, 0.2) is 0 Å². The van der Waals surface area contributed by atoms with Crippen LogP contribution in [0.3, 0.4) is 0 Å². The van der Waals surface area contributed by atoms with Crippen molar-refractivity contribution in [2.75, 3.05) is 0 Å². The third kappa shape index (κ3) is 13.3. The van der Waals surface area contributed by atoms with Crippen LogP contribution in [0.2, 0.25) is 0 Å². The van der Waals surface area contributed by atoms with E-state index in [1.807, 2.05) is 12.2 Å². The molecule has 16 heavy (non-hydrogen) atoms. The summed E-state index contributed by atoms with van der Waals surface area (Å²) in [5.41, 5.74) is 0. The maximum Gasteiger partial charge on any atom is 0.121 e. The molecule has 0 atom stereocenters. The summed E-state index contributed by atoms with van der Waals surface area (Å²) in [7, 11) is 3.25. The Labute approximate surface area is 102 Å². The van der Waals surface area contributed by atoms with Crippen molar-refractivity contribution >= 4 is 0 Å². The highest BCUT2D eigenvalue weighted by atomic mass is 16.5. The third-order valence-corrected chi connectivity index (χ3v) is 2.65. The first kappa shape index (κ1) is 15.3. The van der Waals surface area contributed by atoms with Gasteiger partial charge in [0.1, 0.15) is 7.11 Å². The fourth-order valence-corrected chi connectivity index (χ4v) is 1.67. The van der Waals surface area contributed by atoms with E-state index in [1.54, 1.807) is 6.26 Å². The van der Waals surface area contributed by atoms with Gasteiger partial charge in [-0.3, -0.25) is 0 Å². The molecule has 0 spiro atoms. The number of allylic oxidation sites excluding steroid dienone is 3. The topological polar surface area (TPSA) is 9.23 Å². The smallest absolute Gasteiger partial charge is 0.121 e. The molecule has 1 nitrogen and oxygen atoms in total. The molecule has 93 valence electrons. The Kier molecular flexibility index (Phi) is 13.6. The lowest BCUT2D eigenvalue weighted by Gasteiger charge is -1.99. The maximum atomic E-state index is 4.55. The standard InChI is InChI=1S/C15H27O/c1-3-4-5-6-7-8-9-10-11-12-13-14-15-16-2/h12-15H,2-11H2,1H3/b13-12+,15-14+. The Hall–Kier alpha value is -0.720. The highest BCUT2D eigenvalue weighted by molar-refractivity contribution is 4.99. The summed E-state index contributed by atoms with van der Waals surface area (Å²) in [6.45, 7) is 2.26. The second-order valence-corrected chi connectivity index (χ2v) is 4.19. The number of rotatable bonds is 11. The summed E-state index contributed by atoms with van der Waals surface area (Å²) in [6, 6.07) is 0. The quantitative estimate of drug-likeness (QED) is 0.259. The largest absolute Gasteiger partial charge is 0.498 e. The zero-order chi connectivity index (χ0) is 11.9. The van der Waals surface area contributed by atoms with Crippen molar-refractivity contribution in [3.05, 3.63) is 31.6 Å². The first-order chi connectivity index (χ1) is 7.91. The van der Waals surface area contributed by atoms with E-state index in [9.17, 15) is 0 Å². The fourth-order valence-electron chi connectivity index (χ4n) is 1.67. The number of hydrogen-bond donors (Lipinski definition) is 0. The summed E-state index contributed by atoms with van der Waals surface area (Å²) >= 11 is 0. The molecule has 1 radical (unpaired) electrons. The monoisotopic (exact) mass is 223 g/mol. The molecule has 0 fully saturated rings. The Morgan fingerprint density at radius 3 is 2.12 bits per heavy atom. The van der Waals surface area contributed by atoms with Gasteiger partial charge in [0, 0.05) is 0 Å². The van der Waals surface area contributed by atoms with Crippen LogP contribution < -0.4 is 0 Å². The van der Waals surface area contributed by atoms with Gasteiger partial charge in [0.2, 0.25) is 0 Å². The van der Waals surface area contributed by atoms with Crippen molar-refractivity contribution in [1.29, 1.82) is 0 Å². The van der Waals surface area contributed by atoms with Crippen LogP contribution in [0.4, 0.5) is 0 Å². The first-order valence-electron chi connectivity index (χ1n) is 6.64. The van der Waals surface area contributed by atoms with Crippen molar-refractivity contribution in [2.45, 2.75) is 64.7 Å². The number of hydrogen-bond acceptors (Lipinski definition) is 1. The van der Waals surface area contributed by atoms with Gasteiger partial charge in [0.05, 0.1) is 6.26 Å². The summed E-state index contributed by atoms with van der Waals surface area (Å²) in [6.07, 6.45) is 19.9. The van der Waals surface area contributed by atoms with Crippen LogP contribution in [-0.4, -0.2) is 0 Å². The van der Waals surface area contributed by atoms with Crippen LogP contribution in [0.5, 0.6) is 0 Å². The molecule has 0 N–H and O–H groups in total. The molecule has 0 aliphatic heterocycles. The van der Waals surface area contributed by atoms with Gasteiger partial charge in [-0.15, -0.1) is 0 Å². The SMILES string of the molecule is [CH2]O/C=C/C=C/CCCCCCCCCC. The lowest BCUT2D eigenvalue weighted by molar-refractivity contribution is 0.394. The van der Waals surface area contributed by atoms with Crippen LogP contribution in [0.25, 0.3) is 0 Å². The van der Waals surface area contributed by atoms with Crippen molar-refractivity contribution in [2.24, 2.45) is 0 Å². The molecular weight excluding hydrogens is 196 g/mol. The van der Waals surface area contributed by atoms with Crippen molar-refractivity contribution in [3.8, 4) is 0 Å². The van der Waals surface area contributed by atoms with Crippen LogP contribution in [0.15, 0.2) is 24.5 Å². The zero-order valence-corrected chi connectivity index (χ0v) is 10.8. The minimum Gasteiger partial charge on any atom is -0.498 e. The second-order valence-electron chi connectivity index (χ2n) is 4.19. The van der Waals surface area contributed by atoms with Crippen LogP contribution in [0.1, 0.15) is 64.7 Å². The highest BCUT2D eigenvalue weighted by Crippen LogP contribution is 2.09. The van der Waals surface area contributed by atoms with Crippen molar-refractivity contribution in [3.63, 3.8) is 0 Å². The minimum absolute atomic E-state index is 1.18. The van der Waals surface area contributed by atoms with E-state index in [4.69, 9.17) is 0 Å². The van der Waals surface area contributed by atoms with Gasteiger partial charge in [0.25, 0.3) is 0 Å². The molecule has 0 unspecified atom stereocenters.